The fraction of sp³-hybridized carbons (Fsp3) is 0.750. The van der Waals surface area contributed by atoms with Crippen LogP contribution in [0.25, 0.3) is 0 Å². The molecule has 0 rings (SSSR count). The van der Waals surface area contributed by atoms with E-state index in [9.17, 15) is 13.2 Å². The van der Waals surface area contributed by atoms with Gasteiger partial charge in [-0.15, -0.1) is 0 Å². The molecule has 16 heavy (non-hydrogen) atoms. The van der Waals surface area contributed by atoms with Gasteiger partial charge in [-0.25, -0.2) is 13.1 Å². The van der Waals surface area contributed by atoms with Crippen molar-refractivity contribution < 1.29 is 23.1 Å². The van der Waals surface area contributed by atoms with Crippen LogP contribution < -0.4 is 4.72 Å². The molecule has 0 aliphatic carbocycles. The van der Waals surface area contributed by atoms with Crippen molar-refractivity contribution in [3.63, 3.8) is 0 Å². The quantitative estimate of drug-likeness (QED) is 0.551. The van der Waals surface area contributed by atoms with E-state index >= 15 is 0 Å². The number of methoxy groups -OCH3 is 1. The van der Waals surface area contributed by atoms with Gasteiger partial charge in [-0.05, 0) is 12.8 Å². The van der Waals surface area contributed by atoms with Gasteiger partial charge < -0.3 is 9.84 Å². The van der Waals surface area contributed by atoms with Gasteiger partial charge in [-0.3, -0.25) is 4.79 Å². The van der Waals surface area contributed by atoms with E-state index in [4.69, 9.17) is 15.1 Å². The lowest BCUT2D eigenvalue weighted by molar-refractivity contribution is -0.139. The molecule has 0 aromatic carbocycles. The summed E-state index contributed by atoms with van der Waals surface area (Å²) >= 11 is 0. The molecule has 0 aromatic heterocycles. The van der Waals surface area contributed by atoms with Crippen LogP contribution in [0.4, 0.5) is 0 Å². The first-order valence-electron chi connectivity index (χ1n) is 4.51. The minimum Gasteiger partial charge on any atom is -0.480 e. The number of ether oxygens (including phenoxy) is 1. The maximum atomic E-state index is 11.1. The number of nitrogens with zero attached hydrogens (tertiary/aromatic N) is 1. The SMILES string of the molecule is COCCCC(NS(=O)(=O)CC#N)C(=O)O. The summed E-state index contributed by atoms with van der Waals surface area (Å²) in [6, 6.07) is 0.237. The third kappa shape index (κ3) is 6.34. The highest BCUT2D eigenvalue weighted by atomic mass is 32.2. The maximum Gasteiger partial charge on any atom is 0.321 e. The summed E-state index contributed by atoms with van der Waals surface area (Å²) in [5, 5.41) is 17.0. The summed E-state index contributed by atoms with van der Waals surface area (Å²) in [6.07, 6.45) is 0.538. The number of hydrogen-bond donors (Lipinski definition) is 2. The number of nitriles is 1. The molecule has 0 bridgehead atoms. The van der Waals surface area contributed by atoms with Gasteiger partial charge in [0.1, 0.15) is 6.04 Å². The highest BCUT2D eigenvalue weighted by Gasteiger charge is 2.23. The van der Waals surface area contributed by atoms with Crippen molar-refractivity contribution in [2.45, 2.75) is 18.9 Å². The molecule has 0 amide bonds. The summed E-state index contributed by atoms with van der Waals surface area (Å²) in [6.45, 7) is 0.351. The number of aliphatic carboxylic acids is 1. The number of carboxylic acids is 1. The van der Waals surface area contributed by atoms with Crippen LogP contribution in [0.3, 0.4) is 0 Å². The average Bonchev–Trinajstić information content (AvgIpc) is 2.16. The lowest BCUT2D eigenvalue weighted by atomic mass is 10.2. The van der Waals surface area contributed by atoms with Crippen molar-refractivity contribution in [2.24, 2.45) is 0 Å². The monoisotopic (exact) mass is 250 g/mol. The van der Waals surface area contributed by atoms with Gasteiger partial charge >= 0.3 is 5.97 Å². The standard InChI is InChI=1S/C8H14N2O5S/c1-15-5-2-3-7(8(11)12)10-16(13,14)6-4-9/h7,10H,2-3,5-6H2,1H3,(H,11,12). The normalized spacial score (nSPS) is 13.0. The average molecular weight is 250 g/mol. The zero-order valence-corrected chi connectivity index (χ0v) is 9.66. The second kappa shape index (κ2) is 7.16. The molecule has 2 N–H and O–H groups in total. The smallest absolute Gasteiger partial charge is 0.321 e. The molecular weight excluding hydrogens is 236 g/mol. The molecule has 7 nitrogen and oxygen atoms in total. The van der Waals surface area contributed by atoms with Crippen LogP contribution in [0.5, 0.6) is 0 Å². The molecule has 1 atom stereocenters. The highest BCUT2D eigenvalue weighted by Crippen LogP contribution is 2.00. The van der Waals surface area contributed by atoms with E-state index < -0.39 is 27.8 Å². The third-order valence-corrected chi connectivity index (χ3v) is 2.87. The molecule has 92 valence electrons. The van der Waals surface area contributed by atoms with Crippen LogP contribution >= 0.6 is 0 Å². The van der Waals surface area contributed by atoms with Crippen molar-refractivity contribution >= 4 is 16.0 Å². The summed E-state index contributed by atoms with van der Waals surface area (Å²) in [5.41, 5.74) is 0. The number of hydrogen-bond acceptors (Lipinski definition) is 5. The molecule has 1 unspecified atom stereocenters. The molecule has 0 aromatic rings. The summed E-state index contributed by atoms with van der Waals surface area (Å²) < 4.78 is 29.0. The molecule has 0 spiro atoms. The van der Waals surface area contributed by atoms with E-state index in [0.717, 1.165) is 0 Å². The van der Waals surface area contributed by atoms with Crippen molar-refractivity contribution in [1.29, 1.82) is 5.26 Å². The first-order valence-corrected chi connectivity index (χ1v) is 6.17. The fourth-order valence-corrected chi connectivity index (χ4v) is 1.91. The van der Waals surface area contributed by atoms with Crippen LogP contribution in [0.2, 0.25) is 0 Å². The first-order chi connectivity index (χ1) is 7.43. The summed E-state index contributed by atoms with van der Waals surface area (Å²) in [5.74, 6) is -2.02. The minimum atomic E-state index is -3.85. The van der Waals surface area contributed by atoms with E-state index in [0.29, 0.717) is 13.0 Å². The molecule has 0 saturated carbocycles. The highest BCUT2D eigenvalue weighted by molar-refractivity contribution is 7.89. The zero-order valence-electron chi connectivity index (χ0n) is 8.84. The van der Waals surface area contributed by atoms with Gasteiger partial charge in [-0.1, -0.05) is 0 Å². The fourth-order valence-electron chi connectivity index (χ4n) is 1.01. The van der Waals surface area contributed by atoms with Crippen molar-refractivity contribution in [3.05, 3.63) is 0 Å². The second-order valence-electron chi connectivity index (χ2n) is 3.06. The molecule has 0 aliphatic heterocycles. The summed E-state index contributed by atoms with van der Waals surface area (Å²) in [7, 11) is -2.38. The zero-order chi connectivity index (χ0) is 12.6. The number of nitrogens with one attached hydrogen (secondary N) is 1. The molecule has 0 heterocycles. The van der Waals surface area contributed by atoms with Crippen molar-refractivity contribution in [1.82, 2.24) is 4.72 Å². The van der Waals surface area contributed by atoms with E-state index in [1.54, 1.807) is 0 Å². The number of carbonyl (C=O) groups is 1. The Hall–Kier alpha value is -1.17. The molecule has 8 heteroatoms. The van der Waals surface area contributed by atoms with Crippen molar-refractivity contribution in [2.75, 3.05) is 19.5 Å². The lowest BCUT2D eigenvalue weighted by Gasteiger charge is -2.12. The van der Waals surface area contributed by atoms with Gasteiger partial charge in [0.15, 0.2) is 5.75 Å². The Kier molecular flexibility index (Phi) is 6.64. The van der Waals surface area contributed by atoms with Gasteiger partial charge in [0.2, 0.25) is 10.0 Å². The van der Waals surface area contributed by atoms with Crippen LogP contribution in [0.1, 0.15) is 12.8 Å². The van der Waals surface area contributed by atoms with E-state index in [2.05, 4.69) is 0 Å². The van der Waals surface area contributed by atoms with Crippen LogP contribution in [0.15, 0.2) is 0 Å². The topological polar surface area (TPSA) is 116 Å². The van der Waals surface area contributed by atoms with Crippen LogP contribution in [-0.2, 0) is 19.6 Å². The molecule has 0 fully saturated rings. The second-order valence-corrected chi connectivity index (χ2v) is 4.81. The Bertz CT molecular complexity index is 359. The Balaban J connectivity index is 4.35. The molecule has 0 saturated heterocycles. The van der Waals surface area contributed by atoms with Gasteiger partial charge in [-0.2, -0.15) is 5.26 Å². The first kappa shape index (κ1) is 14.8. The predicted molar refractivity (Wildman–Crippen MR) is 55.1 cm³/mol. The molecular formula is C8H14N2O5S. The maximum absolute atomic E-state index is 11.1. The van der Waals surface area contributed by atoms with E-state index in [-0.39, 0.29) is 6.42 Å². The third-order valence-electron chi connectivity index (χ3n) is 1.72. The van der Waals surface area contributed by atoms with E-state index in [1.807, 2.05) is 4.72 Å². The molecule has 0 aliphatic rings. The van der Waals surface area contributed by atoms with E-state index in [1.165, 1.54) is 13.2 Å². The van der Waals surface area contributed by atoms with Gasteiger partial charge in [0.25, 0.3) is 0 Å². The number of sulfonamides is 1. The predicted octanol–water partition coefficient (Wildman–Crippen LogP) is -0.691. The Morgan fingerprint density at radius 2 is 2.25 bits per heavy atom. The number of rotatable bonds is 8. The largest absolute Gasteiger partial charge is 0.480 e. The Morgan fingerprint density at radius 1 is 1.62 bits per heavy atom. The van der Waals surface area contributed by atoms with Gasteiger partial charge in [0, 0.05) is 13.7 Å². The minimum absolute atomic E-state index is 0.119. The van der Waals surface area contributed by atoms with Crippen LogP contribution in [-0.4, -0.2) is 45.0 Å². The summed E-state index contributed by atoms with van der Waals surface area (Å²) in [4.78, 5) is 10.7. The van der Waals surface area contributed by atoms with Crippen molar-refractivity contribution in [3.8, 4) is 6.07 Å². The Labute approximate surface area is 94.1 Å². The Morgan fingerprint density at radius 3 is 2.69 bits per heavy atom. The van der Waals surface area contributed by atoms with Crippen LogP contribution in [0, 0.1) is 11.3 Å². The van der Waals surface area contributed by atoms with Gasteiger partial charge in [0.05, 0.1) is 6.07 Å². The lowest BCUT2D eigenvalue weighted by Crippen LogP contribution is -2.41. The molecule has 0 radical (unpaired) electrons. The number of carboxylic acid groups (broad SMARTS) is 1.